The van der Waals surface area contributed by atoms with E-state index in [0.29, 0.717) is 16.7 Å². The molecule has 0 aromatic heterocycles. The summed E-state index contributed by atoms with van der Waals surface area (Å²) < 4.78 is 0. The van der Waals surface area contributed by atoms with Gasteiger partial charge in [-0.1, -0.05) is 53.7 Å². The second-order valence-electron chi connectivity index (χ2n) is 7.63. The number of hydrogen-bond acceptors (Lipinski definition) is 3. The maximum atomic E-state index is 9.13. The van der Waals surface area contributed by atoms with Gasteiger partial charge in [-0.05, 0) is 72.8 Å². The summed E-state index contributed by atoms with van der Waals surface area (Å²) in [6, 6.07) is 33.4. The number of hydrogen-bond donors (Lipinski definition) is 0. The molecule has 0 saturated carbocycles. The number of rotatable bonds is 0. The van der Waals surface area contributed by atoms with Crippen LogP contribution in [0.4, 0.5) is 0 Å². The van der Waals surface area contributed by atoms with Crippen LogP contribution in [0.2, 0.25) is 0 Å². The van der Waals surface area contributed by atoms with Crippen molar-refractivity contribution in [3.05, 3.63) is 141 Å². The fourth-order valence-corrected chi connectivity index (χ4v) is 3.28. The first-order valence-electron chi connectivity index (χ1n) is 10.9. The molecule has 0 fully saturated rings. The molecule has 3 nitrogen and oxygen atoms in total. The normalized spacial score (nSPS) is 8.92. The summed E-state index contributed by atoms with van der Waals surface area (Å²) in [6.45, 7) is 0. The van der Waals surface area contributed by atoms with E-state index in [-0.39, 0.29) is 0 Å². The Hall–Kier alpha value is -5.97. The summed E-state index contributed by atoms with van der Waals surface area (Å²) >= 11 is 0. The van der Waals surface area contributed by atoms with E-state index in [9.17, 15) is 0 Å². The van der Waals surface area contributed by atoms with E-state index in [1.54, 1.807) is 54.6 Å². The van der Waals surface area contributed by atoms with Crippen molar-refractivity contribution >= 4 is 0 Å². The van der Waals surface area contributed by atoms with Gasteiger partial charge >= 0.3 is 0 Å². The van der Waals surface area contributed by atoms with Gasteiger partial charge in [0, 0.05) is 33.4 Å². The van der Waals surface area contributed by atoms with Gasteiger partial charge in [0.05, 0.1) is 34.9 Å². The van der Waals surface area contributed by atoms with Gasteiger partial charge in [0.2, 0.25) is 0 Å². The van der Waals surface area contributed by atoms with Crippen molar-refractivity contribution in [2.45, 2.75) is 0 Å². The zero-order valence-corrected chi connectivity index (χ0v) is 19.0. The molecule has 0 aliphatic carbocycles. The molecular formula is C33H15N3. The van der Waals surface area contributed by atoms with E-state index >= 15 is 0 Å². The molecule has 0 unspecified atom stereocenters. The van der Waals surface area contributed by atoms with Gasteiger partial charge in [0.15, 0.2) is 0 Å². The zero-order chi connectivity index (χ0) is 25.2. The van der Waals surface area contributed by atoms with Crippen LogP contribution in [0.3, 0.4) is 0 Å². The summed E-state index contributed by atoms with van der Waals surface area (Å²) in [4.78, 5) is 0. The fourth-order valence-electron chi connectivity index (χ4n) is 3.28. The predicted molar refractivity (Wildman–Crippen MR) is 138 cm³/mol. The van der Waals surface area contributed by atoms with E-state index in [2.05, 4.69) is 53.7 Å². The average Bonchev–Trinajstić information content (AvgIpc) is 2.94. The first kappa shape index (κ1) is 23.2. The van der Waals surface area contributed by atoms with E-state index in [0.717, 1.165) is 33.4 Å². The van der Waals surface area contributed by atoms with Gasteiger partial charge in [-0.15, -0.1) is 0 Å². The van der Waals surface area contributed by atoms with Crippen molar-refractivity contribution in [1.82, 2.24) is 0 Å². The molecule has 4 aromatic rings. The van der Waals surface area contributed by atoms with Crippen LogP contribution in [0.25, 0.3) is 0 Å². The van der Waals surface area contributed by atoms with Crippen LogP contribution in [-0.2, 0) is 0 Å². The van der Waals surface area contributed by atoms with Crippen molar-refractivity contribution in [3.8, 4) is 53.7 Å². The van der Waals surface area contributed by atoms with Gasteiger partial charge in [-0.3, -0.25) is 0 Å². The Morgan fingerprint density at radius 3 is 0.806 bits per heavy atom. The highest BCUT2D eigenvalue weighted by molar-refractivity contribution is 5.56. The lowest BCUT2D eigenvalue weighted by molar-refractivity contribution is 1.47. The van der Waals surface area contributed by atoms with Crippen LogP contribution >= 0.6 is 0 Å². The third kappa shape index (κ3) is 6.30. The Morgan fingerprint density at radius 1 is 0.306 bits per heavy atom. The van der Waals surface area contributed by atoms with Crippen LogP contribution in [0.1, 0.15) is 50.1 Å². The average molecular weight is 454 g/mol. The minimum atomic E-state index is 0.548. The molecule has 0 saturated heterocycles. The second-order valence-corrected chi connectivity index (χ2v) is 7.63. The molecule has 0 N–H and O–H groups in total. The molecule has 0 atom stereocenters. The third-order valence-corrected chi connectivity index (χ3v) is 4.96. The van der Waals surface area contributed by atoms with Crippen molar-refractivity contribution in [2.75, 3.05) is 0 Å². The molecule has 0 spiro atoms. The first-order chi connectivity index (χ1) is 17.6. The van der Waals surface area contributed by atoms with E-state index in [1.807, 2.05) is 36.4 Å². The number of benzene rings is 4. The van der Waals surface area contributed by atoms with Crippen molar-refractivity contribution in [3.63, 3.8) is 0 Å². The molecule has 162 valence electrons. The van der Waals surface area contributed by atoms with E-state index in [4.69, 9.17) is 15.8 Å². The zero-order valence-electron chi connectivity index (χ0n) is 19.0. The standard InChI is InChI=1S/C33H15N3/c34-22-31-7-1-4-25(16-31)10-13-28-19-29(14-11-26-5-2-8-32(17-26)23-35)21-30(20-28)15-12-27-6-3-9-33(18-27)24-36/h1-9,16-21H. The lowest BCUT2D eigenvalue weighted by atomic mass is 10.0. The number of nitriles is 3. The Bertz CT molecular complexity index is 1560. The molecule has 0 aliphatic heterocycles. The highest BCUT2D eigenvalue weighted by Gasteiger charge is 1.99. The maximum absolute atomic E-state index is 9.13. The second kappa shape index (κ2) is 11.2. The van der Waals surface area contributed by atoms with Crippen LogP contribution in [0, 0.1) is 69.5 Å². The smallest absolute Gasteiger partial charge is 0.0992 e. The Kier molecular flexibility index (Phi) is 7.25. The lowest BCUT2D eigenvalue weighted by Crippen LogP contribution is -1.86. The number of nitrogens with zero attached hydrogens (tertiary/aromatic N) is 3. The summed E-state index contributed by atoms with van der Waals surface area (Å²) in [6.07, 6.45) is 0. The fraction of sp³-hybridized carbons (Fsp3) is 0. The predicted octanol–water partition coefficient (Wildman–Crippen LogP) is 5.50. The Morgan fingerprint density at radius 2 is 0.528 bits per heavy atom. The van der Waals surface area contributed by atoms with Gasteiger partial charge < -0.3 is 0 Å². The summed E-state index contributed by atoms with van der Waals surface area (Å²) in [7, 11) is 0. The molecule has 0 bridgehead atoms. The van der Waals surface area contributed by atoms with Crippen LogP contribution < -0.4 is 0 Å². The van der Waals surface area contributed by atoms with Gasteiger partial charge in [-0.2, -0.15) is 15.8 Å². The van der Waals surface area contributed by atoms with Crippen molar-refractivity contribution in [1.29, 1.82) is 15.8 Å². The largest absolute Gasteiger partial charge is 0.192 e. The Balaban J connectivity index is 1.75. The summed E-state index contributed by atoms with van der Waals surface area (Å²) in [5.41, 5.74) is 6.03. The topological polar surface area (TPSA) is 71.4 Å². The summed E-state index contributed by atoms with van der Waals surface area (Å²) in [5, 5.41) is 27.4. The van der Waals surface area contributed by atoms with Gasteiger partial charge in [0.25, 0.3) is 0 Å². The highest BCUT2D eigenvalue weighted by atomic mass is 14.2. The van der Waals surface area contributed by atoms with Gasteiger partial charge in [-0.25, -0.2) is 0 Å². The van der Waals surface area contributed by atoms with Crippen LogP contribution in [0.5, 0.6) is 0 Å². The van der Waals surface area contributed by atoms with Crippen LogP contribution in [-0.4, -0.2) is 0 Å². The lowest BCUT2D eigenvalue weighted by Gasteiger charge is -1.98. The molecule has 0 aliphatic rings. The molecule has 0 heterocycles. The minimum absolute atomic E-state index is 0.548. The molecule has 36 heavy (non-hydrogen) atoms. The highest BCUT2D eigenvalue weighted by Crippen LogP contribution is 2.11. The SMILES string of the molecule is N#Cc1cccc(C#Cc2cc(C#Cc3cccc(C#N)c3)cc(C#Cc3cccc(C#N)c3)c2)c1. The van der Waals surface area contributed by atoms with E-state index in [1.165, 1.54) is 0 Å². The molecule has 0 radical (unpaired) electrons. The quantitative estimate of drug-likeness (QED) is 0.330. The van der Waals surface area contributed by atoms with Crippen LogP contribution in [0.15, 0.2) is 91.0 Å². The third-order valence-electron chi connectivity index (χ3n) is 4.96. The summed E-state index contributed by atoms with van der Waals surface area (Å²) in [5.74, 6) is 18.7. The Labute approximate surface area is 210 Å². The van der Waals surface area contributed by atoms with E-state index < -0.39 is 0 Å². The monoisotopic (exact) mass is 453 g/mol. The molecular weight excluding hydrogens is 438 g/mol. The molecule has 3 heteroatoms. The maximum Gasteiger partial charge on any atom is 0.0992 e. The van der Waals surface area contributed by atoms with Gasteiger partial charge in [0.1, 0.15) is 0 Å². The van der Waals surface area contributed by atoms with Crippen molar-refractivity contribution < 1.29 is 0 Å². The first-order valence-corrected chi connectivity index (χ1v) is 10.9. The molecule has 0 amide bonds. The van der Waals surface area contributed by atoms with Crippen molar-refractivity contribution in [2.24, 2.45) is 0 Å². The molecule has 4 aromatic carbocycles. The minimum Gasteiger partial charge on any atom is -0.192 e. The molecule has 4 rings (SSSR count).